The van der Waals surface area contributed by atoms with Gasteiger partial charge in [-0.15, -0.1) is 6.42 Å². The Morgan fingerprint density at radius 2 is 1.90 bits per heavy atom. The third-order valence-corrected chi connectivity index (χ3v) is 10.9. The Bertz CT molecular complexity index is 1600. The normalized spacial score (nSPS) is 21.6. The SMILES string of the molecule is C#CCOc1cnc(/C(F)=C/c2ccc(F)c([C@@]3(C)N=C(N(COCC[Si](C)(C)C)C(=O)OC(C)(C)C)S[C@](C)(C(=O)O)[C@H]3C)c2)cn1. The summed E-state index contributed by atoms with van der Waals surface area (Å²) in [4.78, 5) is 40.4. The first kappa shape index (κ1) is 38.6. The average Bonchev–Trinajstić information content (AvgIpc) is 2.98. The van der Waals surface area contributed by atoms with Gasteiger partial charge in [-0.2, -0.15) is 0 Å². The maximum absolute atomic E-state index is 15.8. The van der Waals surface area contributed by atoms with Crippen LogP contribution in [0.2, 0.25) is 25.7 Å². The number of ether oxygens (including phenoxy) is 3. The summed E-state index contributed by atoms with van der Waals surface area (Å²) in [5.41, 5.74) is -2.24. The number of carbonyl (C=O) groups is 2. The molecule has 0 aliphatic carbocycles. The smallest absolute Gasteiger partial charge is 0.418 e. The molecule has 1 aromatic heterocycles. The van der Waals surface area contributed by atoms with E-state index in [0.717, 1.165) is 34.8 Å². The number of aliphatic carboxylic acids is 1. The lowest BCUT2D eigenvalue weighted by Gasteiger charge is -2.47. The number of amides is 1. The number of aliphatic imine (C=N–C) groups is 1. The first-order valence-corrected chi connectivity index (χ1v) is 19.9. The second-order valence-electron chi connectivity index (χ2n) is 14.0. The summed E-state index contributed by atoms with van der Waals surface area (Å²) < 4.78 is 46.3. The molecule has 0 unspecified atom stereocenters. The molecule has 1 aliphatic heterocycles. The Balaban J connectivity index is 2.11. The van der Waals surface area contributed by atoms with Crippen molar-refractivity contribution in [1.82, 2.24) is 14.9 Å². The summed E-state index contributed by atoms with van der Waals surface area (Å²) in [5, 5.41) is 10.5. The van der Waals surface area contributed by atoms with Crippen molar-refractivity contribution in [1.29, 1.82) is 0 Å². The first-order chi connectivity index (χ1) is 22.2. The van der Waals surface area contributed by atoms with E-state index in [1.54, 1.807) is 34.6 Å². The monoisotopic (exact) mass is 702 g/mol. The van der Waals surface area contributed by atoms with Gasteiger partial charge in [-0.1, -0.05) is 50.3 Å². The quantitative estimate of drug-likeness (QED) is 0.110. The molecule has 2 aromatic rings. The fourth-order valence-corrected chi connectivity index (χ4v) is 6.78. The van der Waals surface area contributed by atoms with Gasteiger partial charge in [-0.25, -0.2) is 28.4 Å². The standard InChI is InChI=1S/C34H44F2N4O6SSi/c1-11-14-45-28-20-37-27(19-38-28)26(36)18-23-12-13-25(35)24(17-23)33(6)22(2)34(7,29(41)42)47-30(39-33)40(31(43)46-32(3,4)5)21-44-15-16-48(8,9)10/h1,12-13,17-20,22H,14-16,21H2,2-10H3,(H,41,42)/b26-18-/t22-,33-,34-/m0/s1. The summed E-state index contributed by atoms with van der Waals surface area (Å²) in [6, 6.07) is 4.77. The molecule has 48 heavy (non-hydrogen) atoms. The summed E-state index contributed by atoms with van der Waals surface area (Å²) in [6.07, 6.45) is 7.94. The Hall–Kier alpha value is -3.80. The molecule has 260 valence electrons. The zero-order valence-corrected chi connectivity index (χ0v) is 30.7. The molecule has 0 bridgehead atoms. The van der Waals surface area contributed by atoms with E-state index in [1.165, 1.54) is 31.5 Å². The maximum atomic E-state index is 15.8. The highest BCUT2D eigenvalue weighted by atomic mass is 32.2. The van der Waals surface area contributed by atoms with Crippen LogP contribution < -0.4 is 4.74 Å². The molecule has 3 rings (SSSR count). The van der Waals surface area contributed by atoms with Crippen molar-refractivity contribution in [2.24, 2.45) is 10.9 Å². The molecule has 1 amide bonds. The van der Waals surface area contributed by atoms with Gasteiger partial charge in [-0.3, -0.25) is 9.79 Å². The van der Waals surface area contributed by atoms with Gasteiger partial charge in [-0.05, 0) is 64.4 Å². The predicted molar refractivity (Wildman–Crippen MR) is 186 cm³/mol. The third-order valence-electron chi connectivity index (χ3n) is 7.79. The third kappa shape index (κ3) is 9.64. The van der Waals surface area contributed by atoms with Gasteiger partial charge in [0.25, 0.3) is 0 Å². The lowest BCUT2D eigenvalue weighted by atomic mass is 9.73. The molecule has 1 aromatic carbocycles. The number of hydrogen-bond acceptors (Lipinski definition) is 9. The van der Waals surface area contributed by atoms with Crippen molar-refractivity contribution in [2.45, 2.75) is 83.1 Å². The van der Waals surface area contributed by atoms with Gasteiger partial charge in [0.05, 0.1) is 17.9 Å². The Morgan fingerprint density at radius 3 is 2.46 bits per heavy atom. The van der Waals surface area contributed by atoms with Crippen molar-refractivity contribution in [3.8, 4) is 18.2 Å². The number of carboxylic acids is 1. The van der Waals surface area contributed by atoms with Crippen molar-refractivity contribution in [3.63, 3.8) is 0 Å². The minimum absolute atomic E-state index is 0.00306. The number of rotatable bonds is 11. The molecule has 3 atom stereocenters. The van der Waals surface area contributed by atoms with Crippen LogP contribution >= 0.6 is 11.8 Å². The van der Waals surface area contributed by atoms with Crippen molar-refractivity contribution in [2.75, 3.05) is 19.9 Å². The van der Waals surface area contributed by atoms with E-state index in [1.807, 2.05) is 0 Å². The molecule has 0 fully saturated rings. The summed E-state index contributed by atoms with van der Waals surface area (Å²) in [7, 11) is -1.47. The molecule has 1 N–H and O–H groups in total. The molecule has 0 saturated carbocycles. The Labute approximate surface area is 286 Å². The van der Waals surface area contributed by atoms with Gasteiger partial charge in [0, 0.05) is 26.2 Å². The second-order valence-corrected chi connectivity index (χ2v) is 21.0. The lowest BCUT2D eigenvalue weighted by molar-refractivity contribution is -0.141. The number of thioether (sulfide) groups is 1. The molecule has 10 nitrogen and oxygen atoms in total. The van der Waals surface area contributed by atoms with Crippen molar-refractivity contribution in [3.05, 3.63) is 53.2 Å². The summed E-state index contributed by atoms with van der Waals surface area (Å²) in [5.74, 6) is -1.01. The van der Waals surface area contributed by atoms with Crippen LogP contribution in [0.15, 0.2) is 35.6 Å². The van der Waals surface area contributed by atoms with Crippen LogP contribution in [0, 0.1) is 24.1 Å². The summed E-state index contributed by atoms with van der Waals surface area (Å²) >= 11 is 0.870. The number of carboxylic acid groups (broad SMARTS) is 1. The van der Waals surface area contributed by atoms with E-state index >= 15 is 8.78 Å². The Kier molecular flexibility index (Phi) is 12.2. The second kappa shape index (κ2) is 15.2. The molecular formula is C34H44F2N4O6SSi. The van der Waals surface area contributed by atoms with Crippen LogP contribution in [0.3, 0.4) is 0 Å². The molecule has 0 spiro atoms. The number of hydrogen-bond donors (Lipinski definition) is 1. The van der Waals surface area contributed by atoms with Gasteiger partial charge < -0.3 is 19.3 Å². The van der Waals surface area contributed by atoms with Crippen LogP contribution in [-0.4, -0.2) is 75.6 Å². The molecule has 1 aliphatic rings. The zero-order chi connectivity index (χ0) is 36.1. The van der Waals surface area contributed by atoms with Crippen LogP contribution in [0.1, 0.15) is 58.4 Å². The van der Waals surface area contributed by atoms with Crippen LogP contribution in [0.4, 0.5) is 13.6 Å². The zero-order valence-electron chi connectivity index (χ0n) is 28.9. The molecule has 2 heterocycles. The van der Waals surface area contributed by atoms with E-state index < -0.39 is 53.6 Å². The average molecular weight is 703 g/mol. The largest absolute Gasteiger partial charge is 0.480 e. The van der Waals surface area contributed by atoms with E-state index in [9.17, 15) is 14.7 Å². The number of benzene rings is 1. The molecular weight excluding hydrogens is 659 g/mol. The molecule has 0 saturated heterocycles. The van der Waals surface area contributed by atoms with E-state index in [4.69, 9.17) is 25.6 Å². The minimum Gasteiger partial charge on any atom is -0.480 e. The van der Waals surface area contributed by atoms with Crippen LogP contribution in [-0.2, 0) is 19.8 Å². The number of nitrogens with zero attached hydrogens (tertiary/aromatic N) is 4. The Morgan fingerprint density at radius 1 is 1.21 bits per heavy atom. The highest BCUT2D eigenvalue weighted by Crippen LogP contribution is 2.52. The molecule has 14 heteroatoms. The highest BCUT2D eigenvalue weighted by Gasteiger charge is 2.56. The van der Waals surface area contributed by atoms with Gasteiger partial charge in [0.2, 0.25) is 5.88 Å². The lowest BCUT2D eigenvalue weighted by Crippen LogP contribution is -2.55. The van der Waals surface area contributed by atoms with Gasteiger partial charge in [0.1, 0.15) is 28.6 Å². The van der Waals surface area contributed by atoms with Gasteiger partial charge >= 0.3 is 12.1 Å². The van der Waals surface area contributed by atoms with Crippen LogP contribution in [0.25, 0.3) is 11.9 Å². The number of amidine groups is 1. The van der Waals surface area contributed by atoms with E-state index in [0.29, 0.717) is 6.61 Å². The minimum atomic E-state index is -1.58. The summed E-state index contributed by atoms with van der Waals surface area (Å²) in [6.45, 7) is 16.6. The fourth-order valence-electron chi connectivity index (χ4n) is 4.68. The van der Waals surface area contributed by atoms with E-state index in [-0.39, 0.29) is 41.2 Å². The topological polar surface area (TPSA) is 123 Å². The fraction of sp³-hybridized carbons (Fsp3) is 0.500. The van der Waals surface area contributed by atoms with Crippen molar-refractivity contribution >= 4 is 49.0 Å². The van der Waals surface area contributed by atoms with Crippen molar-refractivity contribution < 1.29 is 37.7 Å². The first-order valence-electron chi connectivity index (χ1n) is 15.4. The number of halogens is 2. The number of aromatic nitrogens is 2. The number of carbonyl (C=O) groups excluding carboxylic acids is 1. The highest BCUT2D eigenvalue weighted by molar-refractivity contribution is 8.15. The van der Waals surface area contributed by atoms with E-state index in [2.05, 4.69) is 35.5 Å². The number of terminal acetylenes is 1. The maximum Gasteiger partial charge on any atom is 0.418 e. The van der Waals surface area contributed by atoms with Crippen LogP contribution in [0.5, 0.6) is 5.88 Å². The predicted octanol–water partition coefficient (Wildman–Crippen LogP) is 7.44. The van der Waals surface area contributed by atoms with Gasteiger partial charge in [0.15, 0.2) is 17.6 Å². The molecule has 0 radical (unpaired) electrons.